The average Bonchev–Trinajstić information content (AvgIpc) is 2.89. The molecule has 1 aliphatic heterocycles. The Kier molecular flexibility index (Phi) is 3.51. The van der Waals surface area contributed by atoms with Crippen molar-refractivity contribution < 1.29 is 4.74 Å². The first kappa shape index (κ1) is 12.2. The summed E-state index contributed by atoms with van der Waals surface area (Å²) in [5.74, 6) is 1.02. The van der Waals surface area contributed by atoms with Gasteiger partial charge in [-0.2, -0.15) is 0 Å². The maximum Gasteiger partial charge on any atom is 0.124 e. The molecule has 1 N–H and O–H groups in total. The van der Waals surface area contributed by atoms with Crippen molar-refractivity contribution in [1.82, 2.24) is 5.32 Å². The Balaban J connectivity index is 1.78. The third kappa shape index (κ3) is 2.49. The molecule has 0 bridgehead atoms. The lowest BCUT2D eigenvalue weighted by Crippen LogP contribution is -2.27. The van der Waals surface area contributed by atoms with Crippen LogP contribution < -0.4 is 10.1 Å². The first-order valence-corrected chi connectivity index (χ1v) is 6.91. The monoisotopic (exact) mass is 253 g/mol. The first-order chi connectivity index (χ1) is 9.38. The summed E-state index contributed by atoms with van der Waals surface area (Å²) >= 11 is 0. The SMILES string of the molecule is CCC(NC1COc2ccccc21)c1ccccc1. The van der Waals surface area contributed by atoms with Gasteiger partial charge in [-0.25, -0.2) is 0 Å². The van der Waals surface area contributed by atoms with Crippen LogP contribution in [-0.4, -0.2) is 6.61 Å². The average molecular weight is 253 g/mol. The van der Waals surface area contributed by atoms with E-state index in [1.165, 1.54) is 11.1 Å². The number of para-hydroxylation sites is 1. The van der Waals surface area contributed by atoms with E-state index in [-0.39, 0.29) is 0 Å². The van der Waals surface area contributed by atoms with Gasteiger partial charge in [-0.3, -0.25) is 0 Å². The van der Waals surface area contributed by atoms with E-state index < -0.39 is 0 Å². The number of nitrogens with one attached hydrogen (secondary N) is 1. The van der Waals surface area contributed by atoms with Crippen LogP contribution >= 0.6 is 0 Å². The minimum Gasteiger partial charge on any atom is -0.491 e. The summed E-state index contributed by atoms with van der Waals surface area (Å²) in [4.78, 5) is 0. The van der Waals surface area contributed by atoms with Crippen molar-refractivity contribution in [1.29, 1.82) is 0 Å². The van der Waals surface area contributed by atoms with Crippen molar-refractivity contribution in [3.05, 3.63) is 65.7 Å². The zero-order chi connectivity index (χ0) is 13.1. The van der Waals surface area contributed by atoms with E-state index in [9.17, 15) is 0 Å². The molecule has 2 aromatic carbocycles. The lowest BCUT2D eigenvalue weighted by molar-refractivity contribution is 0.296. The van der Waals surface area contributed by atoms with Crippen LogP contribution in [0.3, 0.4) is 0 Å². The third-order valence-corrected chi connectivity index (χ3v) is 3.71. The van der Waals surface area contributed by atoms with Gasteiger partial charge in [-0.05, 0) is 18.1 Å². The molecule has 1 heterocycles. The quantitative estimate of drug-likeness (QED) is 0.893. The standard InChI is InChI=1S/C17H19NO/c1-2-15(13-8-4-3-5-9-13)18-16-12-19-17-11-7-6-10-14(16)17/h3-11,15-16,18H,2,12H2,1H3. The molecule has 0 fully saturated rings. The second-order valence-corrected chi connectivity index (χ2v) is 4.94. The highest BCUT2D eigenvalue weighted by Gasteiger charge is 2.25. The number of rotatable bonds is 4. The molecule has 0 spiro atoms. The molecule has 19 heavy (non-hydrogen) atoms. The van der Waals surface area contributed by atoms with E-state index in [2.05, 4.69) is 54.7 Å². The van der Waals surface area contributed by atoms with Crippen molar-refractivity contribution in [2.45, 2.75) is 25.4 Å². The molecule has 0 radical (unpaired) electrons. The molecule has 0 saturated carbocycles. The molecule has 1 aliphatic rings. The van der Waals surface area contributed by atoms with Gasteiger partial charge in [0.2, 0.25) is 0 Å². The topological polar surface area (TPSA) is 21.3 Å². The third-order valence-electron chi connectivity index (χ3n) is 3.71. The summed E-state index contributed by atoms with van der Waals surface area (Å²) in [5, 5.41) is 3.71. The molecule has 2 aromatic rings. The zero-order valence-electron chi connectivity index (χ0n) is 11.2. The fourth-order valence-electron chi connectivity index (χ4n) is 2.68. The molecular formula is C17H19NO. The van der Waals surface area contributed by atoms with Crippen LogP contribution in [0.25, 0.3) is 0 Å². The predicted octanol–water partition coefficient (Wildman–Crippen LogP) is 3.86. The largest absolute Gasteiger partial charge is 0.491 e. The fraction of sp³-hybridized carbons (Fsp3) is 0.294. The fourth-order valence-corrected chi connectivity index (χ4v) is 2.68. The number of fused-ring (bicyclic) bond motifs is 1. The molecule has 2 heteroatoms. The Morgan fingerprint density at radius 1 is 1.11 bits per heavy atom. The van der Waals surface area contributed by atoms with E-state index in [0.29, 0.717) is 12.1 Å². The molecule has 2 unspecified atom stereocenters. The summed E-state index contributed by atoms with van der Waals surface area (Å²) in [6.07, 6.45) is 1.07. The Morgan fingerprint density at radius 3 is 2.63 bits per heavy atom. The maximum atomic E-state index is 5.73. The molecular weight excluding hydrogens is 234 g/mol. The normalized spacial score (nSPS) is 18.7. The molecule has 0 aromatic heterocycles. The van der Waals surface area contributed by atoms with E-state index in [1.54, 1.807) is 0 Å². The Bertz CT molecular complexity index is 538. The highest BCUT2D eigenvalue weighted by atomic mass is 16.5. The molecule has 98 valence electrons. The lowest BCUT2D eigenvalue weighted by atomic mass is 10.0. The summed E-state index contributed by atoms with van der Waals surface area (Å²) in [6.45, 7) is 2.94. The Labute approximate surface area is 114 Å². The van der Waals surface area contributed by atoms with Crippen molar-refractivity contribution >= 4 is 0 Å². The van der Waals surface area contributed by atoms with Crippen LogP contribution in [0.2, 0.25) is 0 Å². The van der Waals surface area contributed by atoms with Crippen LogP contribution in [0.1, 0.15) is 36.6 Å². The van der Waals surface area contributed by atoms with Gasteiger partial charge in [-0.15, -0.1) is 0 Å². The van der Waals surface area contributed by atoms with Gasteiger partial charge in [0.15, 0.2) is 0 Å². The highest BCUT2D eigenvalue weighted by Crippen LogP contribution is 2.33. The highest BCUT2D eigenvalue weighted by molar-refractivity contribution is 5.39. The van der Waals surface area contributed by atoms with Crippen molar-refractivity contribution in [2.24, 2.45) is 0 Å². The Hall–Kier alpha value is -1.80. The second-order valence-electron chi connectivity index (χ2n) is 4.94. The van der Waals surface area contributed by atoms with Gasteiger partial charge < -0.3 is 10.1 Å². The van der Waals surface area contributed by atoms with Crippen molar-refractivity contribution in [2.75, 3.05) is 6.61 Å². The van der Waals surface area contributed by atoms with Crippen LogP contribution in [0.4, 0.5) is 0 Å². The van der Waals surface area contributed by atoms with E-state index >= 15 is 0 Å². The maximum absolute atomic E-state index is 5.73. The number of hydrogen-bond donors (Lipinski definition) is 1. The minimum atomic E-state index is 0.293. The second kappa shape index (κ2) is 5.45. The van der Waals surface area contributed by atoms with Crippen LogP contribution in [0.5, 0.6) is 5.75 Å². The van der Waals surface area contributed by atoms with Gasteiger partial charge in [0.1, 0.15) is 12.4 Å². The van der Waals surface area contributed by atoms with Crippen LogP contribution in [0.15, 0.2) is 54.6 Å². The number of ether oxygens (including phenoxy) is 1. The summed E-state index contributed by atoms with van der Waals surface area (Å²) < 4.78 is 5.73. The van der Waals surface area contributed by atoms with Crippen molar-refractivity contribution in [3.8, 4) is 5.75 Å². The molecule has 0 saturated heterocycles. The summed E-state index contributed by atoms with van der Waals surface area (Å²) in [5.41, 5.74) is 2.62. The zero-order valence-corrected chi connectivity index (χ0v) is 11.2. The predicted molar refractivity (Wildman–Crippen MR) is 77.3 cm³/mol. The molecule has 2 atom stereocenters. The van der Waals surface area contributed by atoms with E-state index in [1.807, 2.05) is 12.1 Å². The van der Waals surface area contributed by atoms with Crippen LogP contribution in [0, 0.1) is 0 Å². The summed E-state index contributed by atoms with van der Waals surface area (Å²) in [6, 6.07) is 19.6. The van der Waals surface area contributed by atoms with Gasteiger partial charge in [-0.1, -0.05) is 55.5 Å². The van der Waals surface area contributed by atoms with Gasteiger partial charge in [0.05, 0.1) is 6.04 Å². The lowest BCUT2D eigenvalue weighted by Gasteiger charge is -2.21. The minimum absolute atomic E-state index is 0.293. The van der Waals surface area contributed by atoms with Crippen LogP contribution in [-0.2, 0) is 0 Å². The smallest absolute Gasteiger partial charge is 0.124 e. The molecule has 2 nitrogen and oxygen atoms in total. The molecule has 0 amide bonds. The van der Waals surface area contributed by atoms with Gasteiger partial charge in [0, 0.05) is 11.6 Å². The van der Waals surface area contributed by atoms with Gasteiger partial charge >= 0.3 is 0 Å². The molecule has 0 aliphatic carbocycles. The summed E-state index contributed by atoms with van der Waals surface area (Å²) in [7, 11) is 0. The van der Waals surface area contributed by atoms with E-state index in [0.717, 1.165) is 18.8 Å². The van der Waals surface area contributed by atoms with Gasteiger partial charge in [0.25, 0.3) is 0 Å². The number of hydrogen-bond acceptors (Lipinski definition) is 2. The van der Waals surface area contributed by atoms with E-state index in [4.69, 9.17) is 4.74 Å². The number of benzene rings is 2. The molecule has 3 rings (SSSR count). The first-order valence-electron chi connectivity index (χ1n) is 6.91. The van der Waals surface area contributed by atoms with Crippen molar-refractivity contribution in [3.63, 3.8) is 0 Å². The Morgan fingerprint density at radius 2 is 1.84 bits per heavy atom.